The fourth-order valence-electron chi connectivity index (χ4n) is 1.60. The fraction of sp³-hybridized carbons (Fsp3) is 0.111. The molecule has 74 valence electrons. The van der Waals surface area contributed by atoms with Crippen molar-refractivity contribution in [3.05, 3.63) is 18.6 Å². The van der Waals surface area contributed by atoms with Crippen LogP contribution in [-0.4, -0.2) is 31.6 Å². The highest BCUT2D eigenvalue weighted by atomic mass is 32.2. The normalized spacial score (nSPS) is 11.3. The summed E-state index contributed by atoms with van der Waals surface area (Å²) in [6.45, 7) is 0. The van der Waals surface area contributed by atoms with Crippen molar-refractivity contribution >= 4 is 33.7 Å². The number of fused-ring (bicyclic) bond motifs is 2. The maximum atomic E-state index is 4.27. The Morgan fingerprint density at radius 1 is 1.27 bits per heavy atom. The van der Waals surface area contributed by atoms with Gasteiger partial charge in [0.2, 0.25) is 0 Å². The lowest BCUT2D eigenvalue weighted by molar-refractivity contribution is 0.957. The Kier molecular flexibility index (Phi) is 1.81. The van der Waals surface area contributed by atoms with Gasteiger partial charge in [-0.25, -0.2) is 9.97 Å². The molecule has 6 heteroatoms. The second kappa shape index (κ2) is 3.16. The minimum absolute atomic E-state index is 0.849. The van der Waals surface area contributed by atoms with Crippen molar-refractivity contribution in [3.63, 3.8) is 0 Å². The summed E-state index contributed by atoms with van der Waals surface area (Å²) < 4.78 is 0. The van der Waals surface area contributed by atoms with Gasteiger partial charge in [-0.3, -0.25) is 0 Å². The molecule has 1 N–H and O–H groups in total. The van der Waals surface area contributed by atoms with Crippen LogP contribution in [0.3, 0.4) is 0 Å². The maximum Gasteiger partial charge on any atom is 0.128 e. The number of aromatic nitrogens is 5. The number of hydrogen-bond donors (Lipinski definition) is 1. The number of nitrogens with one attached hydrogen (secondary N) is 1. The van der Waals surface area contributed by atoms with Crippen LogP contribution in [0, 0.1) is 0 Å². The first-order valence-corrected chi connectivity index (χ1v) is 5.60. The number of nitrogens with zero attached hydrogens (tertiary/aromatic N) is 4. The first-order valence-electron chi connectivity index (χ1n) is 4.37. The van der Waals surface area contributed by atoms with E-state index >= 15 is 0 Å². The molecule has 2 aromatic heterocycles. The molecule has 0 aliphatic carbocycles. The number of H-pyrrole nitrogens is 1. The quantitative estimate of drug-likeness (QED) is 0.627. The minimum atomic E-state index is 0.849. The van der Waals surface area contributed by atoms with Gasteiger partial charge in [0.25, 0.3) is 0 Å². The third kappa shape index (κ3) is 1.18. The Morgan fingerprint density at radius 3 is 3.07 bits per heavy atom. The number of benzene rings is 1. The number of rotatable bonds is 1. The summed E-state index contributed by atoms with van der Waals surface area (Å²) in [6.07, 6.45) is 5.34. The second-order valence-electron chi connectivity index (χ2n) is 3.06. The molecule has 0 bridgehead atoms. The molecule has 3 aromatic rings. The monoisotopic (exact) mass is 217 g/mol. The standard InChI is InChI=1S/C9H7N5S/c1-15-9-7-5(3-10-4-11-7)2-6-8(9)13-14-12-6/h2-4H,1H3,(H,12,13,14). The maximum absolute atomic E-state index is 4.27. The van der Waals surface area contributed by atoms with Crippen LogP contribution < -0.4 is 0 Å². The fourth-order valence-corrected chi connectivity index (χ4v) is 2.30. The summed E-state index contributed by atoms with van der Waals surface area (Å²) in [6, 6.07) is 1.94. The lowest BCUT2D eigenvalue weighted by Gasteiger charge is -2.01. The molecule has 0 fully saturated rings. The van der Waals surface area contributed by atoms with Crippen molar-refractivity contribution in [2.75, 3.05) is 6.26 Å². The van der Waals surface area contributed by atoms with E-state index < -0.39 is 0 Å². The summed E-state index contributed by atoms with van der Waals surface area (Å²) >= 11 is 1.62. The molecule has 5 nitrogen and oxygen atoms in total. The molecule has 0 aliphatic heterocycles. The largest absolute Gasteiger partial charge is 0.244 e. The molecule has 1 aromatic carbocycles. The van der Waals surface area contributed by atoms with Gasteiger partial charge in [-0.2, -0.15) is 15.4 Å². The Labute approximate surface area is 89.3 Å². The Hall–Kier alpha value is -1.69. The van der Waals surface area contributed by atoms with E-state index in [1.54, 1.807) is 24.3 Å². The summed E-state index contributed by atoms with van der Waals surface area (Å²) in [4.78, 5) is 9.31. The zero-order valence-electron chi connectivity index (χ0n) is 7.93. The third-order valence-corrected chi connectivity index (χ3v) is 3.04. The van der Waals surface area contributed by atoms with Crippen LogP contribution in [-0.2, 0) is 0 Å². The smallest absolute Gasteiger partial charge is 0.128 e. The van der Waals surface area contributed by atoms with E-state index in [2.05, 4.69) is 25.4 Å². The molecule has 0 saturated heterocycles. The molecule has 15 heavy (non-hydrogen) atoms. The van der Waals surface area contributed by atoms with Crippen molar-refractivity contribution in [1.82, 2.24) is 25.4 Å². The van der Waals surface area contributed by atoms with Crippen LogP contribution in [0.15, 0.2) is 23.5 Å². The molecule has 0 atom stereocenters. The predicted octanol–water partition coefficient (Wildman–Crippen LogP) is 1.62. The first kappa shape index (κ1) is 8.60. The van der Waals surface area contributed by atoms with Crippen LogP contribution in [0.5, 0.6) is 0 Å². The highest BCUT2D eigenvalue weighted by Gasteiger charge is 2.10. The van der Waals surface area contributed by atoms with E-state index in [4.69, 9.17) is 0 Å². The van der Waals surface area contributed by atoms with E-state index in [0.29, 0.717) is 0 Å². The average molecular weight is 217 g/mol. The van der Waals surface area contributed by atoms with Crippen molar-refractivity contribution in [2.24, 2.45) is 0 Å². The zero-order chi connectivity index (χ0) is 10.3. The SMILES string of the molecule is CSc1c2ncncc2cc2n[nH]nc12. The van der Waals surface area contributed by atoms with Gasteiger partial charge in [0.05, 0.1) is 10.4 Å². The van der Waals surface area contributed by atoms with Gasteiger partial charge < -0.3 is 0 Å². The van der Waals surface area contributed by atoms with Gasteiger partial charge >= 0.3 is 0 Å². The minimum Gasteiger partial charge on any atom is -0.244 e. The lowest BCUT2D eigenvalue weighted by atomic mass is 10.2. The van der Waals surface area contributed by atoms with Gasteiger partial charge in [0, 0.05) is 11.6 Å². The van der Waals surface area contributed by atoms with Crippen molar-refractivity contribution in [2.45, 2.75) is 4.90 Å². The van der Waals surface area contributed by atoms with Crippen LogP contribution in [0.25, 0.3) is 21.9 Å². The van der Waals surface area contributed by atoms with E-state index in [0.717, 1.165) is 26.8 Å². The van der Waals surface area contributed by atoms with E-state index in [-0.39, 0.29) is 0 Å². The molecule has 0 unspecified atom stereocenters. The van der Waals surface area contributed by atoms with Gasteiger partial charge in [-0.05, 0) is 12.3 Å². The van der Waals surface area contributed by atoms with Gasteiger partial charge in [0.1, 0.15) is 17.4 Å². The molecular formula is C9H7N5S. The summed E-state index contributed by atoms with van der Waals surface area (Å²) in [7, 11) is 0. The Bertz CT molecular complexity index is 633. The number of aromatic amines is 1. The van der Waals surface area contributed by atoms with E-state index in [1.165, 1.54) is 0 Å². The Morgan fingerprint density at radius 2 is 2.20 bits per heavy atom. The summed E-state index contributed by atoms with van der Waals surface area (Å²) in [5.41, 5.74) is 2.65. The van der Waals surface area contributed by atoms with Gasteiger partial charge in [-0.15, -0.1) is 11.8 Å². The van der Waals surface area contributed by atoms with Crippen LogP contribution in [0.2, 0.25) is 0 Å². The molecule has 0 aliphatic rings. The zero-order valence-corrected chi connectivity index (χ0v) is 8.75. The van der Waals surface area contributed by atoms with Crippen LogP contribution in [0.1, 0.15) is 0 Å². The van der Waals surface area contributed by atoms with Crippen molar-refractivity contribution < 1.29 is 0 Å². The lowest BCUT2D eigenvalue weighted by Crippen LogP contribution is -1.86. The molecule has 0 spiro atoms. The second-order valence-corrected chi connectivity index (χ2v) is 3.88. The molecule has 0 amide bonds. The topological polar surface area (TPSA) is 67.3 Å². The summed E-state index contributed by atoms with van der Waals surface area (Å²) in [5.74, 6) is 0. The van der Waals surface area contributed by atoms with E-state index in [9.17, 15) is 0 Å². The highest BCUT2D eigenvalue weighted by Crippen LogP contribution is 2.30. The highest BCUT2D eigenvalue weighted by molar-refractivity contribution is 7.99. The average Bonchev–Trinajstić information content (AvgIpc) is 2.73. The van der Waals surface area contributed by atoms with Crippen LogP contribution >= 0.6 is 11.8 Å². The molecular weight excluding hydrogens is 210 g/mol. The van der Waals surface area contributed by atoms with Gasteiger partial charge in [-0.1, -0.05) is 0 Å². The van der Waals surface area contributed by atoms with Crippen molar-refractivity contribution in [3.8, 4) is 0 Å². The number of hydrogen-bond acceptors (Lipinski definition) is 5. The van der Waals surface area contributed by atoms with Crippen LogP contribution in [0.4, 0.5) is 0 Å². The Balaban J connectivity index is 2.57. The van der Waals surface area contributed by atoms with E-state index in [1.807, 2.05) is 12.3 Å². The molecule has 2 heterocycles. The molecule has 3 rings (SSSR count). The molecule has 0 radical (unpaired) electrons. The van der Waals surface area contributed by atoms with Crippen molar-refractivity contribution in [1.29, 1.82) is 0 Å². The predicted molar refractivity (Wildman–Crippen MR) is 58.8 cm³/mol. The van der Waals surface area contributed by atoms with Gasteiger partial charge in [0.15, 0.2) is 0 Å². The number of thioether (sulfide) groups is 1. The first-order chi connectivity index (χ1) is 7.40. The summed E-state index contributed by atoms with van der Waals surface area (Å²) in [5, 5.41) is 11.8. The third-order valence-electron chi connectivity index (χ3n) is 2.24. The molecule has 0 saturated carbocycles.